The van der Waals surface area contributed by atoms with E-state index in [1.165, 1.54) is 4.90 Å². The minimum atomic E-state index is -1.47. The van der Waals surface area contributed by atoms with E-state index in [-0.39, 0.29) is 31.3 Å². The summed E-state index contributed by atoms with van der Waals surface area (Å²) in [7, 11) is 0. The number of carboxylic acids is 1. The molecule has 0 aliphatic carbocycles. The quantitative estimate of drug-likeness (QED) is 0.482. The fraction of sp³-hybridized carbons (Fsp3) is 0.700. The van der Waals surface area contributed by atoms with E-state index in [1.807, 2.05) is 0 Å². The van der Waals surface area contributed by atoms with E-state index in [4.69, 9.17) is 10.2 Å². The van der Waals surface area contributed by atoms with Crippen LogP contribution in [0.5, 0.6) is 0 Å². The number of aliphatic hydroxyl groups is 1. The molecule has 18 heavy (non-hydrogen) atoms. The molecule has 1 rings (SSSR count). The van der Waals surface area contributed by atoms with Crippen LogP contribution in [0, 0.1) is 0 Å². The van der Waals surface area contributed by atoms with Gasteiger partial charge >= 0.3 is 12.0 Å². The lowest BCUT2D eigenvalue weighted by atomic mass is 10.2. The molecule has 0 saturated carbocycles. The lowest BCUT2D eigenvalue weighted by Gasteiger charge is -2.20. The number of nitrogens with one attached hydrogen (secondary N) is 2. The lowest BCUT2D eigenvalue weighted by molar-refractivity contribution is -0.146. The van der Waals surface area contributed by atoms with Gasteiger partial charge in [0.25, 0.3) is 0 Å². The first-order valence-corrected chi connectivity index (χ1v) is 5.71. The smallest absolute Gasteiger partial charge is 0.332 e. The van der Waals surface area contributed by atoms with E-state index < -0.39 is 12.1 Å². The number of nitrogens with zero attached hydrogens (tertiary/aromatic N) is 1. The molecule has 0 radical (unpaired) electrons. The average Bonchev–Trinajstić information content (AvgIpc) is 2.53. The van der Waals surface area contributed by atoms with Gasteiger partial charge in [0.2, 0.25) is 5.91 Å². The van der Waals surface area contributed by atoms with E-state index in [2.05, 4.69) is 10.6 Å². The Morgan fingerprint density at radius 3 is 2.83 bits per heavy atom. The molecule has 0 aromatic carbocycles. The second-order valence-corrected chi connectivity index (χ2v) is 3.96. The fourth-order valence-electron chi connectivity index (χ4n) is 1.52. The van der Waals surface area contributed by atoms with Crippen molar-refractivity contribution in [1.82, 2.24) is 15.5 Å². The Morgan fingerprint density at radius 1 is 1.44 bits per heavy atom. The molecule has 0 aromatic rings. The minimum Gasteiger partial charge on any atom is -0.479 e. The van der Waals surface area contributed by atoms with Crippen LogP contribution in [-0.4, -0.2) is 65.3 Å². The van der Waals surface area contributed by atoms with Crippen molar-refractivity contribution in [3.8, 4) is 0 Å². The van der Waals surface area contributed by atoms with Gasteiger partial charge in [-0.1, -0.05) is 0 Å². The summed E-state index contributed by atoms with van der Waals surface area (Å²) in [5.41, 5.74) is 0. The highest BCUT2D eigenvalue weighted by Gasteiger charge is 2.19. The van der Waals surface area contributed by atoms with Gasteiger partial charge in [0.15, 0.2) is 6.10 Å². The number of aliphatic carboxylic acids is 1. The molecule has 102 valence electrons. The van der Waals surface area contributed by atoms with Crippen molar-refractivity contribution in [3.05, 3.63) is 0 Å². The molecule has 0 bridgehead atoms. The third-order valence-corrected chi connectivity index (χ3v) is 2.58. The molecule has 1 unspecified atom stereocenters. The maximum Gasteiger partial charge on any atom is 0.332 e. The van der Waals surface area contributed by atoms with Gasteiger partial charge in [-0.2, -0.15) is 0 Å². The van der Waals surface area contributed by atoms with Crippen LogP contribution in [0.1, 0.15) is 12.8 Å². The van der Waals surface area contributed by atoms with Crippen LogP contribution in [0.4, 0.5) is 4.79 Å². The van der Waals surface area contributed by atoms with E-state index in [0.29, 0.717) is 19.6 Å². The van der Waals surface area contributed by atoms with Crippen molar-refractivity contribution in [2.75, 3.05) is 26.2 Å². The summed E-state index contributed by atoms with van der Waals surface area (Å²) in [5.74, 6) is -1.40. The number of carbonyl (C=O) groups excluding carboxylic acids is 2. The van der Waals surface area contributed by atoms with Gasteiger partial charge in [-0.3, -0.25) is 4.79 Å². The van der Waals surface area contributed by atoms with Crippen LogP contribution in [0.2, 0.25) is 0 Å². The number of rotatable bonds is 4. The molecule has 1 fully saturated rings. The fourth-order valence-corrected chi connectivity index (χ4v) is 1.52. The SMILES string of the molecule is O=C1CCN(C(=O)NCCC(O)C(=O)O)CCN1. The molecule has 1 heterocycles. The Balaban J connectivity index is 2.27. The highest BCUT2D eigenvalue weighted by atomic mass is 16.4. The molecule has 1 atom stereocenters. The van der Waals surface area contributed by atoms with E-state index in [1.54, 1.807) is 0 Å². The zero-order valence-electron chi connectivity index (χ0n) is 9.89. The second kappa shape index (κ2) is 6.80. The van der Waals surface area contributed by atoms with Crippen molar-refractivity contribution in [2.45, 2.75) is 18.9 Å². The van der Waals surface area contributed by atoms with E-state index >= 15 is 0 Å². The summed E-state index contributed by atoms with van der Waals surface area (Å²) in [6.45, 7) is 1.23. The molecule has 1 aliphatic heterocycles. The molecule has 0 aromatic heterocycles. The van der Waals surface area contributed by atoms with Gasteiger partial charge in [-0.25, -0.2) is 9.59 Å². The Labute approximate surface area is 104 Å². The third kappa shape index (κ3) is 4.58. The topological polar surface area (TPSA) is 119 Å². The van der Waals surface area contributed by atoms with Crippen molar-refractivity contribution < 1.29 is 24.6 Å². The normalized spacial score (nSPS) is 17.6. The standard InChI is InChI=1S/C10H17N3O5/c14-7(9(16)17)1-3-12-10(18)13-5-2-8(15)11-4-6-13/h7,14H,1-6H2,(H,11,15)(H,12,18)(H,16,17). The summed E-state index contributed by atoms with van der Waals surface area (Å²) in [4.78, 5) is 34.5. The van der Waals surface area contributed by atoms with Gasteiger partial charge in [0.1, 0.15) is 0 Å². The van der Waals surface area contributed by atoms with E-state index in [0.717, 1.165) is 0 Å². The number of urea groups is 1. The number of carbonyl (C=O) groups is 3. The van der Waals surface area contributed by atoms with Gasteiger partial charge in [0, 0.05) is 39.0 Å². The molecule has 3 amide bonds. The maximum absolute atomic E-state index is 11.7. The van der Waals surface area contributed by atoms with E-state index in [9.17, 15) is 14.4 Å². The number of amides is 3. The third-order valence-electron chi connectivity index (χ3n) is 2.58. The first kappa shape index (κ1) is 14.2. The Kier molecular flexibility index (Phi) is 5.37. The monoisotopic (exact) mass is 259 g/mol. The average molecular weight is 259 g/mol. The minimum absolute atomic E-state index is 0.0495. The van der Waals surface area contributed by atoms with Crippen molar-refractivity contribution in [2.24, 2.45) is 0 Å². The highest BCUT2D eigenvalue weighted by Crippen LogP contribution is 1.97. The van der Waals surface area contributed by atoms with Gasteiger partial charge in [-0.05, 0) is 0 Å². The van der Waals surface area contributed by atoms with Crippen LogP contribution < -0.4 is 10.6 Å². The highest BCUT2D eigenvalue weighted by molar-refractivity contribution is 5.79. The molecular formula is C10H17N3O5. The first-order valence-electron chi connectivity index (χ1n) is 5.71. The van der Waals surface area contributed by atoms with Crippen LogP contribution >= 0.6 is 0 Å². The summed E-state index contributed by atoms with van der Waals surface area (Å²) in [5, 5.41) is 22.6. The van der Waals surface area contributed by atoms with Crippen LogP contribution in [0.3, 0.4) is 0 Å². The summed E-state index contributed by atoms with van der Waals surface area (Å²) in [6, 6.07) is -0.357. The maximum atomic E-state index is 11.7. The second-order valence-electron chi connectivity index (χ2n) is 3.96. The molecular weight excluding hydrogens is 242 g/mol. The van der Waals surface area contributed by atoms with Gasteiger partial charge in [0.05, 0.1) is 0 Å². The first-order chi connectivity index (χ1) is 8.50. The van der Waals surface area contributed by atoms with Crippen LogP contribution in [0.25, 0.3) is 0 Å². The Hall–Kier alpha value is -1.83. The molecule has 1 aliphatic rings. The zero-order valence-corrected chi connectivity index (χ0v) is 9.89. The molecule has 8 nitrogen and oxygen atoms in total. The van der Waals surface area contributed by atoms with Crippen molar-refractivity contribution in [1.29, 1.82) is 0 Å². The number of hydrogen-bond acceptors (Lipinski definition) is 4. The van der Waals surface area contributed by atoms with Crippen LogP contribution in [-0.2, 0) is 9.59 Å². The number of hydrogen-bond donors (Lipinski definition) is 4. The van der Waals surface area contributed by atoms with Crippen molar-refractivity contribution in [3.63, 3.8) is 0 Å². The number of carboxylic acid groups (broad SMARTS) is 1. The number of aliphatic hydroxyl groups excluding tert-OH is 1. The molecule has 4 N–H and O–H groups in total. The van der Waals surface area contributed by atoms with Crippen LogP contribution in [0.15, 0.2) is 0 Å². The van der Waals surface area contributed by atoms with Gasteiger partial charge < -0.3 is 25.7 Å². The molecule has 1 saturated heterocycles. The lowest BCUT2D eigenvalue weighted by Crippen LogP contribution is -2.42. The summed E-state index contributed by atoms with van der Waals surface area (Å²) >= 11 is 0. The summed E-state index contributed by atoms with van der Waals surface area (Å²) < 4.78 is 0. The Morgan fingerprint density at radius 2 is 2.17 bits per heavy atom. The zero-order chi connectivity index (χ0) is 13.5. The largest absolute Gasteiger partial charge is 0.479 e. The summed E-state index contributed by atoms with van der Waals surface area (Å²) in [6.07, 6.45) is -1.27. The predicted molar refractivity (Wildman–Crippen MR) is 60.9 cm³/mol. The molecule has 8 heteroatoms. The Bertz CT molecular complexity index is 333. The van der Waals surface area contributed by atoms with Crippen molar-refractivity contribution >= 4 is 17.9 Å². The predicted octanol–water partition coefficient (Wildman–Crippen LogP) is -1.65. The van der Waals surface area contributed by atoms with Gasteiger partial charge in [-0.15, -0.1) is 0 Å². The molecule has 0 spiro atoms.